The van der Waals surface area contributed by atoms with Gasteiger partial charge in [0.1, 0.15) is 11.6 Å². The normalized spacial score (nSPS) is 11.8. The zero-order valence-electron chi connectivity index (χ0n) is 11.7. The summed E-state index contributed by atoms with van der Waals surface area (Å²) in [6.07, 6.45) is 0. The molecule has 2 aromatic carbocycles. The first kappa shape index (κ1) is 15.0. The Balaban J connectivity index is 2.42. The van der Waals surface area contributed by atoms with Gasteiger partial charge < -0.3 is 10.1 Å². The molecule has 0 saturated carbocycles. The predicted octanol–water partition coefficient (Wildman–Crippen LogP) is 3.60. The molecule has 0 saturated heterocycles. The van der Waals surface area contributed by atoms with Crippen molar-refractivity contribution in [3.63, 3.8) is 0 Å². The topological polar surface area (TPSA) is 38.3 Å². The van der Waals surface area contributed by atoms with Gasteiger partial charge in [-0.25, -0.2) is 13.6 Å². The monoisotopic (exact) mass is 291 g/mol. The first-order valence-corrected chi connectivity index (χ1v) is 6.38. The number of aryl methyl sites for hydroxylation is 1. The van der Waals surface area contributed by atoms with Crippen molar-refractivity contribution in [2.24, 2.45) is 0 Å². The average Bonchev–Trinajstić information content (AvgIpc) is 2.48. The standard InChI is InChI=1S/C16H15F2NO2/c1-10-5-3-4-6-14(10)19-15(16(20)21-2)12-9-11(17)7-8-13(12)18/h3-9,15,19H,1-2H3. The van der Waals surface area contributed by atoms with Crippen molar-refractivity contribution in [3.05, 3.63) is 65.2 Å². The molecule has 0 aromatic heterocycles. The molecule has 0 spiro atoms. The van der Waals surface area contributed by atoms with Crippen molar-refractivity contribution >= 4 is 11.7 Å². The second-order valence-corrected chi connectivity index (χ2v) is 4.58. The summed E-state index contributed by atoms with van der Waals surface area (Å²) in [5, 5.41) is 2.90. The molecule has 3 nitrogen and oxygen atoms in total. The maximum absolute atomic E-state index is 13.9. The van der Waals surface area contributed by atoms with Crippen LogP contribution in [0.25, 0.3) is 0 Å². The highest BCUT2D eigenvalue weighted by Gasteiger charge is 2.25. The lowest BCUT2D eigenvalue weighted by atomic mass is 10.0. The average molecular weight is 291 g/mol. The number of hydrogen-bond acceptors (Lipinski definition) is 3. The molecule has 110 valence electrons. The fourth-order valence-corrected chi connectivity index (χ4v) is 2.01. The van der Waals surface area contributed by atoms with Crippen LogP contribution in [0.15, 0.2) is 42.5 Å². The second kappa shape index (κ2) is 6.35. The maximum Gasteiger partial charge on any atom is 0.333 e. The Labute approximate surface area is 121 Å². The third kappa shape index (κ3) is 3.37. The van der Waals surface area contributed by atoms with Gasteiger partial charge in [0.25, 0.3) is 0 Å². The van der Waals surface area contributed by atoms with Gasteiger partial charge in [-0.05, 0) is 36.8 Å². The number of esters is 1. The molecule has 0 heterocycles. The molecule has 1 atom stereocenters. The van der Waals surface area contributed by atoms with E-state index in [1.807, 2.05) is 19.1 Å². The Hall–Kier alpha value is -2.43. The number of nitrogens with one attached hydrogen (secondary N) is 1. The summed E-state index contributed by atoms with van der Waals surface area (Å²) in [6.45, 7) is 1.85. The van der Waals surface area contributed by atoms with Crippen LogP contribution in [0.5, 0.6) is 0 Å². The highest BCUT2D eigenvalue weighted by atomic mass is 19.1. The second-order valence-electron chi connectivity index (χ2n) is 4.58. The van der Waals surface area contributed by atoms with Crippen LogP contribution in [0.3, 0.4) is 0 Å². The summed E-state index contributed by atoms with van der Waals surface area (Å²) in [4.78, 5) is 11.9. The van der Waals surface area contributed by atoms with E-state index in [9.17, 15) is 13.6 Å². The van der Waals surface area contributed by atoms with E-state index in [2.05, 4.69) is 10.1 Å². The lowest BCUT2D eigenvalue weighted by molar-refractivity contribution is -0.141. The van der Waals surface area contributed by atoms with Crippen LogP contribution in [0.1, 0.15) is 17.2 Å². The number of rotatable bonds is 4. The Kier molecular flexibility index (Phi) is 4.52. The number of ether oxygens (including phenoxy) is 1. The molecule has 5 heteroatoms. The molecule has 0 amide bonds. The zero-order valence-corrected chi connectivity index (χ0v) is 11.7. The smallest absolute Gasteiger partial charge is 0.333 e. The van der Waals surface area contributed by atoms with Gasteiger partial charge in [0, 0.05) is 11.3 Å². The molecule has 0 radical (unpaired) electrons. The Morgan fingerprint density at radius 2 is 1.90 bits per heavy atom. The SMILES string of the molecule is COC(=O)C(Nc1ccccc1C)c1cc(F)ccc1F. The summed E-state index contributed by atoms with van der Waals surface area (Å²) in [7, 11) is 1.20. The van der Waals surface area contributed by atoms with E-state index < -0.39 is 23.6 Å². The summed E-state index contributed by atoms with van der Waals surface area (Å²) in [6, 6.07) is 9.08. The van der Waals surface area contributed by atoms with Crippen molar-refractivity contribution in [1.82, 2.24) is 0 Å². The molecular weight excluding hydrogens is 276 g/mol. The van der Waals surface area contributed by atoms with Crippen molar-refractivity contribution in [1.29, 1.82) is 0 Å². The lowest BCUT2D eigenvalue weighted by Crippen LogP contribution is -2.24. The van der Waals surface area contributed by atoms with E-state index in [1.54, 1.807) is 12.1 Å². The number of methoxy groups -OCH3 is 1. The fraction of sp³-hybridized carbons (Fsp3) is 0.188. The van der Waals surface area contributed by atoms with Gasteiger partial charge in [-0.1, -0.05) is 18.2 Å². The van der Waals surface area contributed by atoms with Crippen molar-refractivity contribution in [2.45, 2.75) is 13.0 Å². The molecule has 2 aromatic rings. The number of benzene rings is 2. The molecular formula is C16H15F2NO2. The number of halogens is 2. The number of para-hydroxylation sites is 1. The molecule has 2 rings (SSSR count). The number of anilines is 1. The van der Waals surface area contributed by atoms with E-state index in [0.717, 1.165) is 23.8 Å². The Bertz CT molecular complexity index is 658. The number of carbonyl (C=O) groups is 1. The van der Waals surface area contributed by atoms with Crippen LogP contribution in [0.4, 0.5) is 14.5 Å². The summed E-state index contributed by atoms with van der Waals surface area (Å²) >= 11 is 0. The lowest BCUT2D eigenvalue weighted by Gasteiger charge is -2.20. The minimum absolute atomic E-state index is 0.0925. The molecule has 21 heavy (non-hydrogen) atoms. The van der Waals surface area contributed by atoms with Gasteiger partial charge in [-0.2, -0.15) is 0 Å². The van der Waals surface area contributed by atoms with Gasteiger partial charge >= 0.3 is 5.97 Å². The van der Waals surface area contributed by atoms with Crippen LogP contribution >= 0.6 is 0 Å². The quantitative estimate of drug-likeness (QED) is 0.875. The van der Waals surface area contributed by atoms with Crippen molar-refractivity contribution in [2.75, 3.05) is 12.4 Å². The fourth-order valence-electron chi connectivity index (χ4n) is 2.01. The minimum Gasteiger partial charge on any atom is -0.467 e. The molecule has 1 unspecified atom stereocenters. The largest absolute Gasteiger partial charge is 0.467 e. The van der Waals surface area contributed by atoms with Gasteiger partial charge in [-0.3, -0.25) is 0 Å². The minimum atomic E-state index is -1.12. The summed E-state index contributed by atoms with van der Waals surface area (Å²) < 4.78 is 31.9. The van der Waals surface area contributed by atoms with Crippen LogP contribution < -0.4 is 5.32 Å². The number of carbonyl (C=O) groups excluding carboxylic acids is 1. The van der Waals surface area contributed by atoms with Crippen molar-refractivity contribution < 1.29 is 18.3 Å². The molecule has 0 aliphatic rings. The number of hydrogen-bond donors (Lipinski definition) is 1. The van der Waals surface area contributed by atoms with Gasteiger partial charge in [0.05, 0.1) is 7.11 Å². The highest BCUT2D eigenvalue weighted by Crippen LogP contribution is 2.25. The Morgan fingerprint density at radius 1 is 1.19 bits per heavy atom. The Morgan fingerprint density at radius 3 is 2.57 bits per heavy atom. The van der Waals surface area contributed by atoms with E-state index in [1.165, 1.54) is 7.11 Å². The molecule has 0 aliphatic carbocycles. The van der Waals surface area contributed by atoms with Gasteiger partial charge in [0.2, 0.25) is 0 Å². The molecule has 1 N–H and O–H groups in total. The first-order valence-electron chi connectivity index (χ1n) is 6.38. The van der Waals surface area contributed by atoms with Gasteiger partial charge in [0.15, 0.2) is 6.04 Å². The molecule has 0 bridgehead atoms. The third-order valence-electron chi connectivity index (χ3n) is 3.15. The van der Waals surface area contributed by atoms with Gasteiger partial charge in [-0.15, -0.1) is 0 Å². The summed E-state index contributed by atoms with van der Waals surface area (Å²) in [5.74, 6) is -1.98. The van der Waals surface area contributed by atoms with Crippen molar-refractivity contribution in [3.8, 4) is 0 Å². The summed E-state index contributed by atoms with van der Waals surface area (Å²) in [5.41, 5.74) is 1.44. The zero-order chi connectivity index (χ0) is 15.4. The predicted molar refractivity (Wildman–Crippen MR) is 75.9 cm³/mol. The van der Waals surface area contributed by atoms with Crippen LogP contribution in [0, 0.1) is 18.6 Å². The highest BCUT2D eigenvalue weighted by molar-refractivity contribution is 5.81. The first-order chi connectivity index (χ1) is 10.0. The van der Waals surface area contributed by atoms with E-state index in [0.29, 0.717) is 5.69 Å². The van der Waals surface area contributed by atoms with E-state index >= 15 is 0 Å². The van der Waals surface area contributed by atoms with Crippen LogP contribution in [-0.2, 0) is 9.53 Å². The van der Waals surface area contributed by atoms with E-state index in [4.69, 9.17) is 0 Å². The third-order valence-corrected chi connectivity index (χ3v) is 3.15. The molecule has 0 aliphatic heterocycles. The van der Waals surface area contributed by atoms with E-state index in [-0.39, 0.29) is 5.56 Å². The van der Waals surface area contributed by atoms with Crippen LogP contribution in [-0.4, -0.2) is 13.1 Å². The van der Waals surface area contributed by atoms with Crippen LogP contribution in [0.2, 0.25) is 0 Å². The molecule has 0 fully saturated rings. The maximum atomic E-state index is 13.9.